The molecule has 35 heavy (non-hydrogen) atoms. The number of ether oxygens (including phenoxy) is 2. The predicted octanol–water partition coefficient (Wildman–Crippen LogP) is 3.14. The minimum Gasteiger partial charge on any atom is -0.493 e. The molecule has 5 rings (SSSR count). The topological polar surface area (TPSA) is 111 Å². The van der Waals surface area contributed by atoms with Crippen molar-refractivity contribution in [3.8, 4) is 22.8 Å². The molecule has 1 atom stereocenters. The first-order valence-corrected chi connectivity index (χ1v) is 11.6. The van der Waals surface area contributed by atoms with Gasteiger partial charge in [0.15, 0.2) is 17.1 Å². The van der Waals surface area contributed by atoms with E-state index in [-0.39, 0.29) is 12.0 Å². The van der Waals surface area contributed by atoms with E-state index in [9.17, 15) is 0 Å². The second kappa shape index (κ2) is 9.81. The number of rotatable bonds is 6. The van der Waals surface area contributed by atoms with Gasteiger partial charge >= 0.3 is 0 Å². The first-order chi connectivity index (χ1) is 17.1. The maximum absolute atomic E-state index is 6.11. The third-order valence-electron chi connectivity index (χ3n) is 6.27. The Morgan fingerprint density at radius 3 is 2.71 bits per heavy atom. The Morgan fingerprint density at radius 1 is 1.06 bits per heavy atom. The molecular formula is C26H29N7O2. The molecule has 1 unspecified atom stereocenters. The van der Waals surface area contributed by atoms with Crippen molar-refractivity contribution in [1.29, 1.82) is 0 Å². The molecule has 1 aliphatic heterocycles. The normalized spacial score (nSPS) is 16.4. The summed E-state index contributed by atoms with van der Waals surface area (Å²) in [4.78, 5) is 21.0. The van der Waals surface area contributed by atoms with Crippen LogP contribution in [-0.4, -0.2) is 58.7 Å². The van der Waals surface area contributed by atoms with E-state index in [1.165, 1.54) is 11.1 Å². The van der Waals surface area contributed by atoms with Crippen LogP contribution in [0.4, 0.5) is 5.95 Å². The molecular weight excluding hydrogens is 442 g/mol. The minimum absolute atomic E-state index is 0.0213. The molecule has 1 saturated heterocycles. The van der Waals surface area contributed by atoms with Gasteiger partial charge in [-0.1, -0.05) is 29.8 Å². The number of nitrogen functional groups attached to an aromatic ring is 1. The van der Waals surface area contributed by atoms with Gasteiger partial charge in [0, 0.05) is 31.7 Å². The molecule has 0 amide bonds. The lowest BCUT2D eigenvalue weighted by molar-refractivity contribution is 0.151. The summed E-state index contributed by atoms with van der Waals surface area (Å²) in [5.41, 5.74) is 12.1. The molecule has 0 aliphatic carbocycles. The molecule has 0 bridgehead atoms. The number of nitrogens with one attached hydrogen (secondary N) is 1. The molecule has 9 heteroatoms. The van der Waals surface area contributed by atoms with Crippen LogP contribution < -0.4 is 20.5 Å². The highest BCUT2D eigenvalue weighted by molar-refractivity contribution is 5.78. The van der Waals surface area contributed by atoms with Gasteiger partial charge in [-0.15, -0.1) is 0 Å². The van der Waals surface area contributed by atoms with E-state index in [4.69, 9.17) is 20.2 Å². The molecule has 1 aliphatic rings. The summed E-state index contributed by atoms with van der Waals surface area (Å²) in [5.74, 6) is 1.48. The van der Waals surface area contributed by atoms with Crippen molar-refractivity contribution in [2.45, 2.75) is 19.5 Å². The van der Waals surface area contributed by atoms with E-state index in [2.05, 4.69) is 56.4 Å². The number of methoxy groups -OCH3 is 2. The fraction of sp³-hybridized carbons (Fsp3) is 0.308. The quantitative estimate of drug-likeness (QED) is 0.438. The van der Waals surface area contributed by atoms with Crippen molar-refractivity contribution in [3.63, 3.8) is 0 Å². The van der Waals surface area contributed by atoms with Crippen LogP contribution in [0.25, 0.3) is 22.4 Å². The Hall–Kier alpha value is -3.82. The average molecular weight is 472 g/mol. The lowest BCUT2D eigenvalue weighted by Gasteiger charge is -2.36. The van der Waals surface area contributed by atoms with Crippen molar-refractivity contribution < 1.29 is 9.47 Å². The molecule has 3 N–H and O–H groups in total. The molecule has 0 radical (unpaired) electrons. The Balaban J connectivity index is 1.57. The summed E-state index contributed by atoms with van der Waals surface area (Å²) in [5, 5.41) is 3.50. The van der Waals surface area contributed by atoms with Crippen molar-refractivity contribution in [3.05, 3.63) is 65.5 Å². The summed E-state index contributed by atoms with van der Waals surface area (Å²) in [6.07, 6.45) is 1.70. The summed E-state index contributed by atoms with van der Waals surface area (Å²) in [6, 6.07) is 14.2. The summed E-state index contributed by atoms with van der Waals surface area (Å²) in [7, 11) is 3.23. The number of hydrogen-bond donors (Lipinski definition) is 2. The first-order valence-electron chi connectivity index (χ1n) is 11.6. The Morgan fingerprint density at radius 2 is 1.91 bits per heavy atom. The third kappa shape index (κ3) is 4.73. The van der Waals surface area contributed by atoms with E-state index >= 15 is 0 Å². The van der Waals surface area contributed by atoms with Crippen LogP contribution in [0.3, 0.4) is 0 Å². The highest BCUT2D eigenvalue weighted by atomic mass is 16.5. The zero-order chi connectivity index (χ0) is 24.4. The summed E-state index contributed by atoms with van der Waals surface area (Å²) < 4.78 is 10.8. The lowest BCUT2D eigenvalue weighted by Crippen LogP contribution is -2.46. The Bertz CT molecular complexity index is 1360. The van der Waals surface area contributed by atoms with Gasteiger partial charge in [-0.2, -0.15) is 4.98 Å². The number of hydrogen-bond acceptors (Lipinski definition) is 9. The van der Waals surface area contributed by atoms with Crippen LogP contribution in [0.5, 0.6) is 11.5 Å². The fourth-order valence-corrected chi connectivity index (χ4v) is 4.56. The van der Waals surface area contributed by atoms with Crippen molar-refractivity contribution in [1.82, 2.24) is 30.2 Å². The number of piperazine rings is 1. The largest absolute Gasteiger partial charge is 0.493 e. The molecule has 3 heterocycles. The van der Waals surface area contributed by atoms with E-state index in [1.54, 1.807) is 20.4 Å². The molecule has 0 saturated carbocycles. The zero-order valence-electron chi connectivity index (χ0n) is 20.2. The smallest absolute Gasteiger partial charge is 0.222 e. The summed E-state index contributed by atoms with van der Waals surface area (Å²) in [6.45, 7) is 5.45. The maximum atomic E-state index is 6.11. The van der Waals surface area contributed by atoms with Gasteiger partial charge in [0.1, 0.15) is 5.52 Å². The highest BCUT2D eigenvalue weighted by Crippen LogP contribution is 2.33. The fourth-order valence-electron chi connectivity index (χ4n) is 4.56. The van der Waals surface area contributed by atoms with Gasteiger partial charge in [0.2, 0.25) is 5.95 Å². The number of nitrogens with zero attached hydrogens (tertiary/aromatic N) is 5. The molecule has 4 aromatic rings. The van der Waals surface area contributed by atoms with Crippen molar-refractivity contribution in [2.24, 2.45) is 0 Å². The predicted molar refractivity (Wildman–Crippen MR) is 135 cm³/mol. The molecule has 2 aromatic carbocycles. The number of fused-ring (bicyclic) bond motifs is 1. The van der Waals surface area contributed by atoms with Gasteiger partial charge in [-0.05, 0) is 30.7 Å². The van der Waals surface area contributed by atoms with E-state index in [1.807, 2.05) is 18.2 Å². The molecule has 0 spiro atoms. The average Bonchev–Trinajstić information content (AvgIpc) is 2.88. The zero-order valence-corrected chi connectivity index (χ0v) is 20.2. The molecule has 2 aromatic heterocycles. The number of anilines is 1. The monoisotopic (exact) mass is 471 g/mol. The molecule has 180 valence electrons. The van der Waals surface area contributed by atoms with E-state index in [0.717, 1.165) is 37.4 Å². The van der Waals surface area contributed by atoms with E-state index in [0.29, 0.717) is 28.4 Å². The van der Waals surface area contributed by atoms with Crippen LogP contribution in [0.15, 0.2) is 48.7 Å². The van der Waals surface area contributed by atoms with Gasteiger partial charge in [0.05, 0.1) is 37.8 Å². The van der Waals surface area contributed by atoms with Crippen LogP contribution in [0.1, 0.15) is 22.9 Å². The standard InChI is InChI=1S/C26H29N7O2/c1-16-5-4-6-17(11-16)15-33-10-9-28-14-20(33)23-24-25(32-26(27)31-23)29-13-19(30-24)18-7-8-21(34-2)22(12-18)35-3/h4-8,11-13,20,28H,9-10,14-15H2,1-3H3,(H2,27,29,31,32). The van der Waals surface area contributed by atoms with Crippen molar-refractivity contribution >= 4 is 17.1 Å². The highest BCUT2D eigenvalue weighted by Gasteiger charge is 2.28. The first kappa shape index (κ1) is 22.9. The second-order valence-electron chi connectivity index (χ2n) is 8.64. The Kier molecular flexibility index (Phi) is 6.43. The van der Waals surface area contributed by atoms with Gasteiger partial charge in [-0.3, -0.25) is 4.90 Å². The number of aromatic nitrogens is 4. The third-order valence-corrected chi connectivity index (χ3v) is 6.27. The van der Waals surface area contributed by atoms with Crippen LogP contribution in [-0.2, 0) is 6.54 Å². The molecule has 1 fully saturated rings. The van der Waals surface area contributed by atoms with E-state index < -0.39 is 0 Å². The summed E-state index contributed by atoms with van der Waals surface area (Å²) >= 11 is 0. The minimum atomic E-state index is -0.0213. The lowest BCUT2D eigenvalue weighted by atomic mass is 10.1. The SMILES string of the molecule is COc1ccc(-c2cnc3nc(N)nc(C4CNCCN4Cc4cccc(C)c4)c3n2)cc1OC. The Labute approximate surface area is 204 Å². The van der Waals surface area contributed by atoms with Gasteiger partial charge < -0.3 is 20.5 Å². The van der Waals surface area contributed by atoms with Gasteiger partial charge in [-0.25, -0.2) is 15.0 Å². The second-order valence-corrected chi connectivity index (χ2v) is 8.64. The van der Waals surface area contributed by atoms with Crippen LogP contribution in [0, 0.1) is 6.92 Å². The number of aryl methyl sites for hydroxylation is 1. The van der Waals surface area contributed by atoms with Crippen LogP contribution in [0.2, 0.25) is 0 Å². The number of benzene rings is 2. The van der Waals surface area contributed by atoms with Crippen molar-refractivity contribution in [2.75, 3.05) is 39.6 Å². The van der Waals surface area contributed by atoms with Crippen LogP contribution >= 0.6 is 0 Å². The maximum Gasteiger partial charge on any atom is 0.222 e. The van der Waals surface area contributed by atoms with Gasteiger partial charge in [0.25, 0.3) is 0 Å². The number of nitrogens with two attached hydrogens (primary N) is 1. The molecule has 9 nitrogen and oxygen atoms in total.